The number of benzene rings is 1. The molecule has 0 aliphatic carbocycles. The van der Waals surface area contributed by atoms with Gasteiger partial charge in [0.2, 0.25) is 0 Å². The smallest absolute Gasteiger partial charge is 0.257 e. The number of nitrogens with one attached hydrogen (secondary N) is 1. The molecule has 0 atom stereocenters. The van der Waals surface area contributed by atoms with Crippen LogP contribution in [0.15, 0.2) is 24.3 Å². The maximum atomic E-state index is 11.3. The van der Waals surface area contributed by atoms with Gasteiger partial charge in [0.25, 0.3) is 5.91 Å². The largest absolute Gasteiger partial charge is 0.484 e. The number of halogens is 1. The van der Waals surface area contributed by atoms with Gasteiger partial charge < -0.3 is 10.1 Å². The Bertz CT molecular complexity index is 335. The Morgan fingerprint density at radius 2 is 2.00 bits per heavy atom. The molecule has 1 amide bonds. The zero-order valence-corrected chi connectivity index (χ0v) is 10.3. The zero-order chi connectivity index (χ0) is 12.0. The van der Waals surface area contributed by atoms with Gasteiger partial charge in [0, 0.05) is 11.6 Å². The Hall–Kier alpha value is -1.22. The van der Waals surface area contributed by atoms with Gasteiger partial charge in [-0.3, -0.25) is 4.79 Å². The van der Waals surface area contributed by atoms with E-state index in [9.17, 15) is 4.79 Å². The van der Waals surface area contributed by atoms with Crippen LogP contribution < -0.4 is 10.1 Å². The summed E-state index contributed by atoms with van der Waals surface area (Å²) in [6.07, 6.45) is 0. The van der Waals surface area contributed by atoms with Gasteiger partial charge in [-0.2, -0.15) is 0 Å². The maximum absolute atomic E-state index is 11.3. The van der Waals surface area contributed by atoms with Gasteiger partial charge in [-0.25, -0.2) is 0 Å². The van der Waals surface area contributed by atoms with Gasteiger partial charge in [-0.05, 0) is 30.2 Å². The van der Waals surface area contributed by atoms with E-state index in [1.165, 1.54) is 0 Å². The molecule has 1 N–H and O–H groups in total. The van der Waals surface area contributed by atoms with E-state index in [0.717, 1.165) is 0 Å². The second kappa shape index (κ2) is 6.38. The molecule has 4 heteroatoms. The molecule has 0 aromatic heterocycles. The summed E-state index contributed by atoms with van der Waals surface area (Å²) in [5, 5.41) is 3.42. The van der Waals surface area contributed by atoms with E-state index < -0.39 is 0 Å². The highest BCUT2D eigenvalue weighted by Gasteiger charge is 2.03. The van der Waals surface area contributed by atoms with Gasteiger partial charge in [0.15, 0.2) is 6.61 Å². The van der Waals surface area contributed by atoms with Crippen LogP contribution in [0.3, 0.4) is 0 Å². The van der Waals surface area contributed by atoms with Crippen LogP contribution in [-0.2, 0) is 4.79 Å². The molecule has 0 bridgehead atoms. The summed E-state index contributed by atoms with van der Waals surface area (Å²) in [6.45, 7) is 4.79. The number of hydrogen-bond acceptors (Lipinski definition) is 2. The number of ether oxygens (including phenoxy) is 1. The Morgan fingerprint density at radius 3 is 2.56 bits per heavy atom. The van der Waals surface area contributed by atoms with Crippen molar-refractivity contribution in [2.24, 2.45) is 5.92 Å². The molecule has 0 spiro atoms. The van der Waals surface area contributed by atoms with Gasteiger partial charge >= 0.3 is 0 Å². The molecule has 16 heavy (non-hydrogen) atoms. The fourth-order valence-corrected chi connectivity index (χ4v) is 1.17. The SMILES string of the molecule is CC(C)CNC(=O)COc1ccc(Cl)cc1. The first-order chi connectivity index (χ1) is 7.58. The topological polar surface area (TPSA) is 38.3 Å². The summed E-state index contributed by atoms with van der Waals surface area (Å²) < 4.78 is 5.28. The van der Waals surface area contributed by atoms with Crippen LogP contribution in [0.25, 0.3) is 0 Å². The van der Waals surface area contributed by atoms with Crippen molar-refractivity contribution >= 4 is 17.5 Å². The molecule has 0 aliphatic heterocycles. The lowest BCUT2D eigenvalue weighted by Gasteiger charge is -2.08. The van der Waals surface area contributed by atoms with E-state index in [4.69, 9.17) is 16.3 Å². The van der Waals surface area contributed by atoms with Crippen molar-refractivity contribution in [3.8, 4) is 5.75 Å². The van der Waals surface area contributed by atoms with Crippen molar-refractivity contribution in [1.82, 2.24) is 5.32 Å². The second-order valence-electron chi connectivity index (χ2n) is 3.94. The highest BCUT2D eigenvalue weighted by molar-refractivity contribution is 6.30. The van der Waals surface area contributed by atoms with Crippen molar-refractivity contribution < 1.29 is 9.53 Å². The molecule has 88 valence electrons. The van der Waals surface area contributed by atoms with Crippen molar-refractivity contribution in [1.29, 1.82) is 0 Å². The first kappa shape index (κ1) is 12.8. The third-order valence-electron chi connectivity index (χ3n) is 1.89. The van der Waals surface area contributed by atoms with Crippen molar-refractivity contribution in [2.45, 2.75) is 13.8 Å². The molecule has 0 heterocycles. The first-order valence-corrected chi connectivity index (χ1v) is 5.61. The van der Waals surface area contributed by atoms with Crippen LogP contribution in [-0.4, -0.2) is 19.1 Å². The third-order valence-corrected chi connectivity index (χ3v) is 2.14. The lowest BCUT2D eigenvalue weighted by Crippen LogP contribution is -2.31. The Morgan fingerprint density at radius 1 is 1.38 bits per heavy atom. The number of carbonyl (C=O) groups is 1. The molecule has 0 radical (unpaired) electrons. The van der Waals surface area contributed by atoms with Gasteiger partial charge in [0.05, 0.1) is 0 Å². The maximum Gasteiger partial charge on any atom is 0.257 e. The van der Waals surface area contributed by atoms with E-state index in [1.54, 1.807) is 24.3 Å². The predicted octanol–water partition coefficient (Wildman–Crippen LogP) is 2.49. The number of amides is 1. The van der Waals surface area contributed by atoms with Crippen molar-refractivity contribution in [3.63, 3.8) is 0 Å². The molecule has 3 nitrogen and oxygen atoms in total. The Balaban J connectivity index is 2.29. The molecule has 0 unspecified atom stereocenters. The lowest BCUT2D eigenvalue weighted by molar-refractivity contribution is -0.123. The molecule has 1 aromatic carbocycles. The highest BCUT2D eigenvalue weighted by Crippen LogP contribution is 2.15. The Labute approximate surface area is 101 Å². The molecular formula is C12H16ClNO2. The fraction of sp³-hybridized carbons (Fsp3) is 0.417. The monoisotopic (exact) mass is 241 g/mol. The minimum Gasteiger partial charge on any atom is -0.484 e. The van der Waals surface area contributed by atoms with E-state index >= 15 is 0 Å². The predicted molar refractivity (Wildman–Crippen MR) is 64.8 cm³/mol. The van der Waals surface area contributed by atoms with Crippen LogP contribution in [0.5, 0.6) is 5.75 Å². The summed E-state index contributed by atoms with van der Waals surface area (Å²) in [5.41, 5.74) is 0. The van der Waals surface area contributed by atoms with Crippen LogP contribution in [0.2, 0.25) is 5.02 Å². The summed E-state index contributed by atoms with van der Waals surface area (Å²) in [7, 11) is 0. The summed E-state index contributed by atoms with van der Waals surface area (Å²) >= 11 is 5.72. The van der Waals surface area contributed by atoms with Gasteiger partial charge in [-0.15, -0.1) is 0 Å². The van der Waals surface area contributed by atoms with E-state index in [2.05, 4.69) is 5.32 Å². The lowest BCUT2D eigenvalue weighted by atomic mass is 10.2. The quantitative estimate of drug-likeness (QED) is 0.860. The van der Waals surface area contributed by atoms with Crippen LogP contribution in [0.4, 0.5) is 0 Å². The molecule has 1 aromatic rings. The number of rotatable bonds is 5. The molecule has 0 aliphatic rings. The average Bonchev–Trinajstić information content (AvgIpc) is 2.25. The third kappa shape index (κ3) is 5.03. The van der Waals surface area contributed by atoms with E-state index in [0.29, 0.717) is 23.2 Å². The summed E-state index contributed by atoms with van der Waals surface area (Å²) in [4.78, 5) is 11.3. The Kier molecular flexibility index (Phi) is 5.12. The van der Waals surface area contributed by atoms with Crippen LogP contribution >= 0.6 is 11.6 Å². The second-order valence-corrected chi connectivity index (χ2v) is 4.38. The standard InChI is InChI=1S/C12H16ClNO2/c1-9(2)7-14-12(15)8-16-11-5-3-10(13)4-6-11/h3-6,9H,7-8H2,1-2H3,(H,14,15). The fourth-order valence-electron chi connectivity index (χ4n) is 1.05. The van der Waals surface area contributed by atoms with E-state index in [-0.39, 0.29) is 12.5 Å². The average molecular weight is 242 g/mol. The molecule has 1 rings (SSSR count). The van der Waals surface area contributed by atoms with Crippen LogP contribution in [0.1, 0.15) is 13.8 Å². The zero-order valence-electron chi connectivity index (χ0n) is 9.50. The molecule has 0 saturated heterocycles. The highest BCUT2D eigenvalue weighted by atomic mass is 35.5. The van der Waals surface area contributed by atoms with Crippen LogP contribution in [0, 0.1) is 5.92 Å². The normalized spacial score (nSPS) is 10.2. The molecule has 0 saturated carbocycles. The molecule has 0 fully saturated rings. The number of carbonyl (C=O) groups excluding carboxylic acids is 1. The number of hydrogen-bond donors (Lipinski definition) is 1. The summed E-state index contributed by atoms with van der Waals surface area (Å²) in [5.74, 6) is 0.979. The minimum atomic E-state index is -0.108. The van der Waals surface area contributed by atoms with Crippen molar-refractivity contribution in [2.75, 3.05) is 13.2 Å². The van der Waals surface area contributed by atoms with Gasteiger partial charge in [0.1, 0.15) is 5.75 Å². The van der Waals surface area contributed by atoms with Crippen molar-refractivity contribution in [3.05, 3.63) is 29.3 Å². The first-order valence-electron chi connectivity index (χ1n) is 5.23. The summed E-state index contributed by atoms with van der Waals surface area (Å²) in [6, 6.07) is 6.92. The minimum absolute atomic E-state index is 0.0361. The van der Waals surface area contributed by atoms with Gasteiger partial charge in [-0.1, -0.05) is 25.4 Å². The van der Waals surface area contributed by atoms with E-state index in [1.807, 2.05) is 13.8 Å². The molecular weight excluding hydrogens is 226 g/mol.